The molecule has 0 radical (unpaired) electrons. The van der Waals surface area contributed by atoms with E-state index in [9.17, 15) is 0 Å². The summed E-state index contributed by atoms with van der Waals surface area (Å²) in [5.74, 6) is 1.23. The van der Waals surface area contributed by atoms with Crippen LogP contribution in [0.15, 0.2) is 4.99 Å². The van der Waals surface area contributed by atoms with Crippen molar-refractivity contribution in [3.63, 3.8) is 0 Å². The molecule has 0 amide bonds. The lowest BCUT2D eigenvalue weighted by Gasteiger charge is -2.22. The van der Waals surface area contributed by atoms with E-state index in [4.69, 9.17) is 4.99 Å². The van der Waals surface area contributed by atoms with Crippen molar-refractivity contribution in [2.24, 2.45) is 10.4 Å². The van der Waals surface area contributed by atoms with Crippen LogP contribution in [0.2, 0.25) is 0 Å². The highest BCUT2D eigenvalue weighted by Gasteiger charge is 2.41. The second kappa shape index (κ2) is 4.77. The normalized spacial score (nSPS) is 31.3. The summed E-state index contributed by atoms with van der Waals surface area (Å²) in [7, 11) is 0. The van der Waals surface area contributed by atoms with Crippen LogP contribution in [0, 0.1) is 5.41 Å². The first-order valence-electron chi connectivity index (χ1n) is 6.18. The number of amidine groups is 1. The molecule has 1 atom stereocenters. The predicted molar refractivity (Wildman–Crippen MR) is 68.5 cm³/mol. The van der Waals surface area contributed by atoms with Gasteiger partial charge in [-0.25, -0.2) is 0 Å². The highest BCUT2D eigenvalue weighted by molar-refractivity contribution is 8.13. The van der Waals surface area contributed by atoms with E-state index >= 15 is 0 Å². The fourth-order valence-corrected chi connectivity index (χ4v) is 3.29. The second-order valence-electron chi connectivity index (χ2n) is 5.05. The van der Waals surface area contributed by atoms with E-state index in [1.807, 2.05) is 11.8 Å². The number of aliphatic imine (C=N–C) groups is 1. The van der Waals surface area contributed by atoms with Crippen LogP contribution in [0.5, 0.6) is 0 Å². The molecule has 1 saturated carbocycles. The third-order valence-electron chi connectivity index (χ3n) is 3.46. The zero-order valence-electron chi connectivity index (χ0n) is 9.88. The first kappa shape index (κ1) is 11.3. The van der Waals surface area contributed by atoms with Crippen molar-refractivity contribution in [2.75, 3.05) is 12.3 Å². The maximum atomic E-state index is 4.75. The molecule has 1 N–H and O–H groups in total. The number of nitrogens with one attached hydrogen (secondary N) is 1. The summed E-state index contributed by atoms with van der Waals surface area (Å²) >= 11 is 1.89. The minimum atomic E-state index is 0.602. The lowest BCUT2D eigenvalue weighted by atomic mass is 10.0. The number of rotatable bonds is 4. The molecule has 0 aromatic rings. The van der Waals surface area contributed by atoms with Gasteiger partial charge in [-0.05, 0) is 38.0 Å². The van der Waals surface area contributed by atoms with Gasteiger partial charge in [0.2, 0.25) is 0 Å². The summed E-state index contributed by atoms with van der Waals surface area (Å²) in [4.78, 5) is 4.75. The Bertz CT molecular complexity index is 246. The third-order valence-corrected chi connectivity index (χ3v) is 4.42. The molecule has 2 rings (SSSR count). The molecule has 0 spiro atoms. The van der Waals surface area contributed by atoms with Crippen molar-refractivity contribution < 1.29 is 0 Å². The molecule has 3 heteroatoms. The summed E-state index contributed by atoms with van der Waals surface area (Å²) in [5, 5.41) is 4.66. The molecule has 86 valence electrons. The molecule has 1 saturated heterocycles. The molecular formula is C12H22N2S. The summed E-state index contributed by atoms with van der Waals surface area (Å²) in [6, 6.07) is 0.617. The van der Waals surface area contributed by atoms with Crippen LogP contribution in [-0.4, -0.2) is 23.5 Å². The van der Waals surface area contributed by atoms with Crippen molar-refractivity contribution in [3.05, 3.63) is 0 Å². The molecule has 15 heavy (non-hydrogen) atoms. The van der Waals surface area contributed by atoms with Gasteiger partial charge < -0.3 is 5.32 Å². The van der Waals surface area contributed by atoms with Crippen molar-refractivity contribution in [1.29, 1.82) is 0 Å². The van der Waals surface area contributed by atoms with E-state index < -0.39 is 0 Å². The van der Waals surface area contributed by atoms with Crippen molar-refractivity contribution >= 4 is 16.9 Å². The quantitative estimate of drug-likeness (QED) is 0.797. The van der Waals surface area contributed by atoms with Crippen LogP contribution in [-0.2, 0) is 0 Å². The number of hydrogen-bond donors (Lipinski definition) is 1. The molecule has 0 aromatic heterocycles. The summed E-state index contributed by atoms with van der Waals surface area (Å²) in [5.41, 5.74) is 0.602. The van der Waals surface area contributed by atoms with Crippen LogP contribution < -0.4 is 5.32 Å². The van der Waals surface area contributed by atoms with Crippen LogP contribution in [0.4, 0.5) is 0 Å². The summed E-state index contributed by atoms with van der Waals surface area (Å²) in [6.45, 7) is 5.58. The van der Waals surface area contributed by atoms with E-state index in [-0.39, 0.29) is 0 Å². The van der Waals surface area contributed by atoms with Crippen LogP contribution in [0.1, 0.15) is 46.0 Å². The maximum absolute atomic E-state index is 4.75. The van der Waals surface area contributed by atoms with E-state index in [1.54, 1.807) is 0 Å². The maximum Gasteiger partial charge on any atom is 0.156 e. The number of thioether (sulfide) groups is 1. The lowest BCUT2D eigenvalue weighted by molar-refractivity contribution is 0.472. The Morgan fingerprint density at radius 1 is 1.53 bits per heavy atom. The van der Waals surface area contributed by atoms with Crippen molar-refractivity contribution in [3.8, 4) is 0 Å². The van der Waals surface area contributed by atoms with Crippen LogP contribution >= 0.6 is 11.8 Å². The Hall–Kier alpha value is -0.180. The molecular weight excluding hydrogens is 204 g/mol. The zero-order valence-corrected chi connectivity index (χ0v) is 10.7. The highest BCUT2D eigenvalue weighted by Crippen LogP contribution is 2.49. The van der Waals surface area contributed by atoms with Gasteiger partial charge in [-0.2, -0.15) is 0 Å². The van der Waals surface area contributed by atoms with Gasteiger partial charge in [-0.1, -0.05) is 25.1 Å². The smallest absolute Gasteiger partial charge is 0.156 e. The van der Waals surface area contributed by atoms with Gasteiger partial charge in [0, 0.05) is 18.3 Å². The van der Waals surface area contributed by atoms with Gasteiger partial charge in [0.15, 0.2) is 5.17 Å². The van der Waals surface area contributed by atoms with Crippen molar-refractivity contribution in [1.82, 2.24) is 5.32 Å². The fourth-order valence-electron chi connectivity index (χ4n) is 2.18. The molecule has 0 bridgehead atoms. The average molecular weight is 226 g/mol. The molecule has 2 fully saturated rings. The Morgan fingerprint density at radius 3 is 2.93 bits per heavy atom. The fraction of sp³-hybridized carbons (Fsp3) is 0.917. The first-order chi connectivity index (χ1) is 7.24. The van der Waals surface area contributed by atoms with Gasteiger partial charge in [-0.15, -0.1) is 0 Å². The number of hydrogen-bond acceptors (Lipinski definition) is 2. The summed E-state index contributed by atoms with van der Waals surface area (Å²) in [6.07, 6.45) is 6.74. The Balaban J connectivity index is 1.82. The van der Waals surface area contributed by atoms with Gasteiger partial charge in [0.05, 0.1) is 0 Å². The topological polar surface area (TPSA) is 24.4 Å². The van der Waals surface area contributed by atoms with Gasteiger partial charge >= 0.3 is 0 Å². The standard InChI is InChI=1S/C12H22N2S/c1-3-5-12(6-7-12)9-13-11-14-10(2)4-8-15-11/h10H,3-9H2,1-2H3,(H,13,14). The van der Waals surface area contributed by atoms with Crippen molar-refractivity contribution in [2.45, 2.75) is 52.0 Å². The van der Waals surface area contributed by atoms with E-state index in [0.29, 0.717) is 11.5 Å². The van der Waals surface area contributed by atoms with Gasteiger partial charge in [0.25, 0.3) is 0 Å². The Labute approximate surface area is 97.3 Å². The van der Waals surface area contributed by atoms with Crippen LogP contribution in [0.25, 0.3) is 0 Å². The first-order valence-corrected chi connectivity index (χ1v) is 7.16. The largest absolute Gasteiger partial charge is 0.362 e. The highest BCUT2D eigenvalue weighted by atomic mass is 32.2. The molecule has 1 aliphatic carbocycles. The molecule has 2 aliphatic rings. The monoisotopic (exact) mass is 226 g/mol. The Morgan fingerprint density at radius 2 is 2.33 bits per heavy atom. The average Bonchev–Trinajstić information content (AvgIpc) is 2.97. The molecule has 2 nitrogen and oxygen atoms in total. The summed E-state index contributed by atoms with van der Waals surface area (Å²) < 4.78 is 0. The lowest BCUT2D eigenvalue weighted by Crippen LogP contribution is -2.35. The van der Waals surface area contributed by atoms with Gasteiger partial charge in [-0.3, -0.25) is 4.99 Å². The van der Waals surface area contributed by atoms with Crippen LogP contribution in [0.3, 0.4) is 0 Å². The van der Waals surface area contributed by atoms with E-state index in [0.717, 1.165) is 6.54 Å². The molecule has 0 aromatic carbocycles. The minimum absolute atomic E-state index is 0.602. The van der Waals surface area contributed by atoms with E-state index in [1.165, 1.54) is 43.0 Å². The Kier molecular flexibility index (Phi) is 3.60. The van der Waals surface area contributed by atoms with E-state index in [2.05, 4.69) is 19.2 Å². The number of nitrogens with zero attached hydrogens (tertiary/aromatic N) is 1. The SMILES string of the molecule is CCCC1(CN=C2NC(C)CCS2)CC1. The second-order valence-corrected chi connectivity index (χ2v) is 6.14. The minimum Gasteiger partial charge on any atom is -0.362 e. The molecule has 1 aliphatic heterocycles. The molecule has 1 unspecified atom stereocenters. The molecule has 1 heterocycles. The third kappa shape index (κ3) is 3.13. The zero-order chi connectivity index (χ0) is 10.7. The van der Waals surface area contributed by atoms with Gasteiger partial charge in [0.1, 0.15) is 0 Å². The predicted octanol–water partition coefficient (Wildman–Crippen LogP) is 3.04.